The predicted molar refractivity (Wildman–Crippen MR) is 127 cm³/mol. The van der Waals surface area contributed by atoms with Gasteiger partial charge in [-0.3, -0.25) is 14.6 Å². The molecule has 11 nitrogen and oxygen atoms in total. The van der Waals surface area contributed by atoms with E-state index in [4.69, 9.17) is 13.7 Å². The topological polar surface area (TPSA) is 161 Å². The number of aryl methyl sites for hydroxylation is 1. The average molecular weight is 492 g/mol. The predicted octanol–water partition coefficient (Wildman–Crippen LogP) is 2.69. The van der Waals surface area contributed by atoms with Crippen molar-refractivity contribution in [1.29, 1.82) is 0 Å². The second-order valence-electron chi connectivity index (χ2n) is 7.95. The second kappa shape index (κ2) is 10.7. The van der Waals surface area contributed by atoms with E-state index in [0.717, 1.165) is 6.07 Å². The molecule has 0 spiro atoms. The highest BCUT2D eigenvalue weighted by atomic mass is 16.5. The first-order chi connectivity index (χ1) is 17.4. The van der Waals surface area contributed by atoms with Gasteiger partial charge in [0.25, 0.3) is 0 Å². The Morgan fingerprint density at radius 2 is 2.03 bits per heavy atom. The summed E-state index contributed by atoms with van der Waals surface area (Å²) in [6, 6.07) is 11.0. The van der Waals surface area contributed by atoms with Gasteiger partial charge in [0.05, 0.1) is 13.0 Å². The van der Waals surface area contributed by atoms with Gasteiger partial charge in [-0.25, -0.2) is 0 Å². The number of carbonyl (C=O) groups excluding carboxylic acids is 1. The van der Waals surface area contributed by atoms with E-state index in [0.29, 0.717) is 23.0 Å². The molecule has 4 rings (SSSR count). The van der Waals surface area contributed by atoms with E-state index in [1.165, 1.54) is 19.2 Å². The Labute approximate surface area is 205 Å². The molecule has 0 radical (unpaired) electrons. The minimum Gasteiger partial charge on any atom is -0.504 e. The molecule has 1 amide bonds. The molecule has 3 heterocycles. The lowest BCUT2D eigenvalue weighted by atomic mass is 9.91. The minimum atomic E-state index is -0.828. The van der Waals surface area contributed by atoms with Gasteiger partial charge in [0, 0.05) is 31.6 Å². The Morgan fingerprint density at radius 3 is 2.78 bits per heavy atom. The number of benzene rings is 1. The number of ether oxygens (including phenoxy) is 1. The molecule has 36 heavy (non-hydrogen) atoms. The summed E-state index contributed by atoms with van der Waals surface area (Å²) in [5, 5.41) is 27.0. The van der Waals surface area contributed by atoms with E-state index in [1.54, 1.807) is 31.3 Å². The number of rotatable bonds is 9. The zero-order chi connectivity index (χ0) is 25.7. The molecule has 3 N–H and O–H groups in total. The molecule has 0 aliphatic heterocycles. The smallest absolute Gasteiger partial charge is 0.228 e. The van der Waals surface area contributed by atoms with E-state index in [1.807, 2.05) is 6.07 Å². The van der Waals surface area contributed by atoms with Crippen molar-refractivity contribution in [2.24, 2.45) is 0 Å². The van der Waals surface area contributed by atoms with Crippen molar-refractivity contribution in [3.8, 4) is 28.8 Å². The minimum absolute atomic E-state index is 0.0557. The van der Waals surface area contributed by atoms with E-state index < -0.39 is 17.1 Å². The van der Waals surface area contributed by atoms with Crippen LogP contribution in [0.5, 0.6) is 17.2 Å². The molecule has 0 saturated carbocycles. The van der Waals surface area contributed by atoms with E-state index >= 15 is 0 Å². The lowest BCUT2D eigenvalue weighted by Gasteiger charge is -2.18. The molecule has 3 aromatic heterocycles. The lowest BCUT2D eigenvalue weighted by Crippen LogP contribution is -2.27. The maximum atomic E-state index is 12.8. The molecule has 1 unspecified atom stereocenters. The fourth-order valence-corrected chi connectivity index (χ4v) is 3.66. The summed E-state index contributed by atoms with van der Waals surface area (Å²) in [7, 11) is 1.39. The van der Waals surface area contributed by atoms with Crippen molar-refractivity contribution in [2.45, 2.75) is 25.7 Å². The van der Waals surface area contributed by atoms with Gasteiger partial charge in [0.1, 0.15) is 11.5 Å². The molecule has 0 fully saturated rings. The molecule has 1 atom stereocenters. The van der Waals surface area contributed by atoms with Gasteiger partial charge in [-0.2, -0.15) is 4.98 Å². The number of methoxy groups -OCH3 is 1. The monoisotopic (exact) mass is 492 g/mol. The van der Waals surface area contributed by atoms with E-state index in [2.05, 4.69) is 20.4 Å². The van der Waals surface area contributed by atoms with Crippen LogP contribution in [0.2, 0.25) is 0 Å². The number of hydrogen-bond donors (Lipinski definition) is 3. The quantitative estimate of drug-likeness (QED) is 0.317. The Hall–Kier alpha value is -4.67. The normalized spacial score (nSPS) is 11.7. The Kier molecular flexibility index (Phi) is 7.28. The van der Waals surface area contributed by atoms with Gasteiger partial charge < -0.3 is 29.2 Å². The summed E-state index contributed by atoms with van der Waals surface area (Å²) in [5.74, 6) is -0.800. The summed E-state index contributed by atoms with van der Waals surface area (Å²) in [6.07, 6.45) is 1.75. The zero-order valence-electron chi connectivity index (χ0n) is 19.6. The van der Waals surface area contributed by atoms with Crippen molar-refractivity contribution >= 4 is 5.91 Å². The summed E-state index contributed by atoms with van der Waals surface area (Å²) in [4.78, 5) is 33.5. The number of carbonyl (C=O) groups is 1. The molecule has 1 aromatic carbocycles. The average Bonchev–Trinajstić information content (AvgIpc) is 3.35. The van der Waals surface area contributed by atoms with Crippen LogP contribution in [0.1, 0.15) is 35.3 Å². The maximum absolute atomic E-state index is 12.8. The number of phenolic OH excluding ortho intramolecular Hbond substituents is 1. The Morgan fingerprint density at radius 1 is 1.19 bits per heavy atom. The summed E-state index contributed by atoms with van der Waals surface area (Å²) in [6.45, 7) is 1.78. The molecular weight excluding hydrogens is 468 g/mol. The Bertz CT molecular complexity index is 1420. The number of hydrogen-bond acceptors (Lipinski definition) is 10. The number of nitrogens with zero attached hydrogens (tertiary/aromatic N) is 3. The van der Waals surface area contributed by atoms with Gasteiger partial charge in [0.2, 0.25) is 28.8 Å². The first-order valence-electron chi connectivity index (χ1n) is 11.1. The number of aromatic nitrogens is 3. The van der Waals surface area contributed by atoms with Crippen LogP contribution in [0.4, 0.5) is 0 Å². The van der Waals surface area contributed by atoms with Crippen LogP contribution in [-0.4, -0.2) is 44.9 Å². The zero-order valence-corrected chi connectivity index (χ0v) is 19.6. The molecule has 186 valence electrons. The molecule has 11 heteroatoms. The van der Waals surface area contributed by atoms with Crippen molar-refractivity contribution < 1.29 is 28.7 Å². The van der Waals surface area contributed by atoms with Crippen LogP contribution >= 0.6 is 0 Å². The molecule has 0 saturated heterocycles. The van der Waals surface area contributed by atoms with Gasteiger partial charge in [0.15, 0.2) is 17.3 Å². The van der Waals surface area contributed by atoms with Crippen LogP contribution in [0.3, 0.4) is 0 Å². The fourth-order valence-electron chi connectivity index (χ4n) is 3.66. The number of amides is 1. The molecule has 4 aromatic rings. The largest absolute Gasteiger partial charge is 0.504 e. The van der Waals surface area contributed by atoms with E-state index in [-0.39, 0.29) is 48.3 Å². The van der Waals surface area contributed by atoms with Gasteiger partial charge in [-0.05, 0) is 36.8 Å². The van der Waals surface area contributed by atoms with Gasteiger partial charge in [-0.1, -0.05) is 17.3 Å². The number of nitrogens with one attached hydrogen (secondary N) is 1. The first-order valence-corrected chi connectivity index (χ1v) is 11.1. The summed E-state index contributed by atoms with van der Waals surface area (Å²) < 4.78 is 16.1. The van der Waals surface area contributed by atoms with Crippen LogP contribution in [0.25, 0.3) is 11.5 Å². The maximum Gasteiger partial charge on any atom is 0.228 e. The van der Waals surface area contributed by atoms with Gasteiger partial charge in [-0.15, -0.1) is 0 Å². The number of pyridine rings is 1. The molecule has 0 aliphatic carbocycles. The third-order valence-corrected chi connectivity index (χ3v) is 5.41. The highest BCUT2D eigenvalue weighted by Crippen LogP contribution is 2.37. The third-order valence-electron chi connectivity index (χ3n) is 5.41. The number of phenols is 1. The van der Waals surface area contributed by atoms with Crippen molar-refractivity contribution in [3.63, 3.8) is 0 Å². The van der Waals surface area contributed by atoms with Crippen LogP contribution in [0, 0.1) is 6.92 Å². The van der Waals surface area contributed by atoms with E-state index in [9.17, 15) is 19.8 Å². The summed E-state index contributed by atoms with van der Waals surface area (Å²) in [5.41, 5.74) is 0.453. The fraction of sp³-hybridized carbons (Fsp3) is 0.240. The first kappa shape index (κ1) is 24.5. The highest BCUT2D eigenvalue weighted by Gasteiger charge is 2.26. The highest BCUT2D eigenvalue weighted by molar-refractivity contribution is 5.77. The van der Waals surface area contributed by atoms with Crippen molar-refractivity contribution in [2.75, 3.05) is 13.7 Å². The van der Waals surface area contributed by atoms with Crippen molar-refractivity contribution in [1.82, 2.24) is 20.4 Å². The van der Waals surface area contributed by atoms with Crippen LogP contribution in [-0.2, 0) is 11.2 Å². The van der Waals surface area contributed by atoms with Gasteiger partial charge >= 0.3 is 0 Å². The Balaban J connectivity index is 1.49. The van der Waals surface area contributed by atoms with Crippen LogP contribution in [0.15, 0.2) is 62.4 Å². The third kappa shape index (κ3) is 5.52. The van der Waals surface area contributed by atoms with Crippen molar-refractivity contribution in [3.05, 3.63) is 81.9 Å². The number of aromatic hydroxyl groups is 2. The SMILES string of the molecule is COc1cc(C(CC(=O)NCCc2nc(-c3ccccn3)no2)c2oc(C)cc(=O)c2O)ccc1O. The standard InChI is InChI=1S/C25H24N4O7/c1-14-11-19(31)23(33)24(35-14)16(15-6-7-18(30)20(12-15)34-2)13-21(32)27-10-8-22-28-25(29-36-22)17-5-3-4-9-26-17/h3-7,9,11-12,16,30,33H,8,10,13H2,1-2H3,(H,27,32). The molecule has 0 aliphatic rings. The lowest BCUT2D eigenvalue weighted by molar-refractivity contribution is -0.121. The van der Waals surface area contributed by atoms with Crippen LogP contribution < -0.4 is 15.5 Å². The molecule has 0 bridgehead atoms. The molecular formula is C25H24N4O7. The summed E-state index contributed by atoms with van der Waals surface area (Å²) >= 11 is 0. The second-order valence-corrected chi connectivity index (χ2v) is 7.95.